The Morgan fingerprint density at radius 2 is 1.92 bits per heavy atom. The van der Waals surface area contributed by atoms with Gasteiger partial charge in [0, 0.05) is 11.0 Å². The highest BCUT2D eigenvalue weighted by Gasteiger charge is 1.99. The van der Waals surface area contributed by atoms with E-state index in [4.69, 9.17) is 5.26 Å². The number of hydrogen-bond donors (Lipinski definition) is 0. The predicted molar refractivity (Wildman–Crippen MR) is 56.5 cm³/mol. The average Bonchev–Trinajstić information content (AvgIpc) is 2.10. The van der Waals surface area contributed by atoms with E-state index in [-0.39, 0.29) is 0 Å². The molecule has 0 bridgehead atoms. The van der Waals surface area contributed by atoms with Gasteiger partial charge < -0.3 is 0 Å². The first-order valence-electron chi connectivity index (χ1n) is 4.03. The minimum Gasteiger partial charge on any atom is -0.193 e. The zero-order valence-electron chi connectivity index (χ0n) is 7.74. The van der Waals surface area contributed by atoms with Gasteiger partial charge in [0.1, 0.15) is 0 Å². The van der Waals surface area contributed by atoms with Gasteiger partial charge in [-0.15, -0.1) is 0 Å². The first-order chi connectivity index (χ1) is 6.25. The van der Waals surface area contributed by atoms with Crippen LogP contribution in [0.2, 0.25) is 0 Å². The molecule has 0 heterocycles. The Morgan fingerprint density at radius 1 is 1.31 bits per heavy atom. The first kappa shape index (κ1) is 9.88. The van der Waals surface area contributed by atoms with Crippen LogP contribution in [0.5, 0.6) is 0 Å². The van der Waals surface area contributed by atoms with E-state index in [1.807, 2.05) is 17.5 Å². The van der Waals surface area contributed by atoms with Crippen LogP contribution in [-0.2, 0) is 0 Å². The van der Waals surface area contributed by atoms with Crippen LogP contribution >= 0.6 is 11.8 Å². The maximum absolute atomic E-state index is 8.33. The van der Waals surface area contributed by atoms with Gasteiger partial charge in [-0.1, -0.05) is 30.0 Å². The number of rotatable bonds is 2. The number of allylic oxidation sites excluding steroid dienone is 1. The molecule has 0 radical (unpaired) electrons. The van der Waals surface area contributed by atoms with Crippen molar-refractivity contribution in [1.29, 1.82) is 5.26 Å². The lowest BCUT2D eigenvalue weighted by atomic mass is 10.2. The van der Waals surface area contributed by atoms with Crippen LogP contribution in [0.1, 0.15) is 11.1 Å². The molecule has 1 rings (SSSR count). The molecule has 0 spiro atoms. The fourth-order valence-corrected chi connectivity index (χ4v) is 1.89. The Labute approximate surface area is 83.1 Å². The summed E-state index contributed by atoms with van der Waals surface area (Å²) in [4.78, 5) is 1.24. The second-order valence-corrected chi connectivity index (χ2v) is 3.69. The third kappa shape index (κ3) is 2.64. The molecule has 0 aromatic heterocycles. The molecule has 0 aliphatic rings. The molecule has 0 aliphatic carbocycles. The summed E-state index contributed by atoms with van der Waals surface area (Å²) in [6, 6.07) is 8.18. The van der Waals surface area contributed by atoms with Crippen molar-refractivity contribution < 1.29 is 0 Å². The standard InChI is InChI=1S/C11H11NS/c1-9-5-3-6-10(2)11(9)13-8-4-7-12/h3-6,8H,1-2H3. The summed E-state index contributed by atoms with van der Waals surface area (Å²) >= 11 is 1.60. The molecule has 0 aliphatic heterocycles. The van der Waals surface area contributed by atoms with Crippen molar-refractivity contribution in [3.8, 4) is 6.07 Å². The molecule has 1 aromatic carbocycles. The van der Waals surface area contributed by atoms with E-state index in [1.54, 1.807) is 11.8 Å². The van der Waals surface area contributed by atoms with Gasteiger partial charge in [0.25, 0.3) is 0 Å². The molecule has 1 aromatic rings. The van der Waals surface area contributed by atoms with Crippen molar-refractivity contribution in [2.24, 2.45) is 0 Å². The number of thioether (sulfide) groups is 1. The minimum atomic E-state index is 1.24. The van der Waals surface area contributed by atoms with Crippen LogP contribution in [0.4, 0.5) is 0 Å². The van der Waals surface area contributed by atoms with Crippen LogP contribution < -0.4 is 0 Å². The van der Waals surface area contributed by atoms with Gasteiger partial charge in [0.2, 0.25) is 0 Å². The van der Waals surface area contributed by atoms with E-state index in [2.05, 4.69) is 26.0 Å². The number of aryl methyl sites for hydroxylation is 2. The highest BCUT2D eigenvalue weighted by molar-refractivity contribution is 8.02. The summed E-state index contributed by atoms with van der Waals surface area (Å²) in [5, 5.41) is 10.1. The summed E-state index contributed by atoms with van der Waals surface area (Å²) in [6.07, 6.45) is 1.50. The fourth-order valence-electron chi connectivity index (χ4n) is 1.12. The Balaban J connectivity index is 2.88. The highest BCUT2D eigenvalue weighted by Crippen LogP contribution is 2.26. The summed E-state index contributed by atoms with van der Waals surface area (Å²) < 4.78 is 0. The van der Waals surface area contributed by atoms with Crippen molar-refractivity contribution in [3.05, 3.63) is 40.8 Å². The van der Waals surface area contributed by atoms with Gasteiger partial charge in [-0.2, -0.15) is 5.26 Å². The predicted octanol–water partition coefficient (Wildman–Crippen LogP) is 3.43. The van der Waals surface area contributed by atoms with E-state index in [0.717, 1.165) is 0 Å². The molecule has 0 unspecified atom stereocenters. The quantitative estimate of drug-likeness (QED) is 0.525. The number of nitrogens with zero attached hydrogens (tertiary/aromatic N) is 1. The second-order valence-electron chi connectivity index (χ2n) is 2.77. The summed E-state index contributed by atoms with van der Waals surface area (Å²) in [6.45, 7) is 4.16. The first-order valence-corrected chi connectivity index (χ1v) is 4.91. The lowest BCUT2D eigenvalue weighted by Gasteiger charge is -2.04. The van der Waals surface area contributed by atoms with Gasteiger partial charge >= 0.3 is 0 Å². The number of hydrogen-bond acceptors (Lipinski definition) is 2. The van der Waals surface area contributed by atoms with Gasteiger partial charge in [-0.05, 0) is 30.4 Å². The van der Waals surface area contributed by atoms with Crippen molar-refractivity contribution in [2.45, 2.75) is 18.7 Å². The molecule has 0 amide bonds. The Bertz CT molecular complexity index is 341. The van der Waals surface area contributed by atoms with Gasteiger partial charge in [-0.3, -0.25) is 0 Å². The Kier molecular flexibility index (Phi) is 3.60. The zero-order valence-corrected chi connectivity index (χ0v) is 8.56. The fraction of sp³-hybridized carbons (Fsp3) is 0.182. The second kappa shape index (κ2) is 4.74. The molecule has 1 nitrogen and oxygen atoms in total. The largest absolute Gasteiger partial charge is 0.193 e. The minimum absolute atomic E-state index is 1.24. The monoisotopic (exact) mass is 189 g/mol. The van der Waals surface area contributed by atoms with Crippen LogP contribution in [0, 0.1) is 25.2 Å². The summed E-state index contributed by atoms with van der Waals surface area (Å²) in [7, 11) is 0. The van der Waals surface area contributed by atoms with E-state index in [1.165, 1.54) is 22.1 Å². The lowest BCUT2D eigenvalue weighted by molar-refractivity contribution is 1.22. The average molecular weight is 189 g/mol. The zero-order chi connectivity index (χ0) is 9.68. The molecule has 0 atom stereocenters. The Morgan fingerprint density at radius 3 is 2.46 bits per heavy atom. The van der Waals surface area contributed by atoms with Crippen LogP contribution in [0.3, 0.4) is 0 Å². The number of benzene rings is 1. The molecule has 0 fully saturated rings. The molecule has 66 valence electrons. The van der Waals surface area contributed by atoms with Crippen molar-refractivity contribution in [3.63, 3.8) is 0 Å². The Hall–Kier alpha value is -1.20. The van der Waals surface area contributed by atoms with Crippen LogP contribution in [0.15, 0.2) is 34.6 Å². The van der Waals surface area contributed by atoms with E-state index in [0.29, 0.717) is 0 Å². The molecule has 0 N–H and O–H groups in total. The van der Waals surface area contributed by atoms with E-state index < -0.39 is 0 Å². The van der Waals surface area contributed by atoms with Gasteiger partial charge in [-0.25, -0.2) is 0 Å². The molecule has 13 heavy (non-hydrogen) atoms. The third-order valence-electron chi connectivity index (χ3n) is 1.74. The molecule has 2 heteroatoms. The van der Waals surface area contributed by atoms with Crippen LogP contribution in [0.25, 0.3) is 0 Å². The molecular formula is C11H11NS. The van der Waals surface area contributed by atoms with E-state index >= 15 is 0 Å². The third-order valence-corrected chi connectivity index (χ3v) is 2.89. The van der Waals surface area contributed by atoms with Gasteiger partial charge in [0.05, 0.1) is 6.07 Å². The van der Waals surface area contributed by atoms with E-state index in [9.17, 15) is 0 Å². The number of nitriles is 1. The molecule has 0 saturated heterocycles. The van der Waals surface area contributed by atoms with Crippen molar-refractivity contribution in [1.82, 2.24) is 0 Å². The molecule has 0 saturated carbocycles. The maximum atomic E-state index is 8.33. The highest BCUT2D eigenvalue weighted by atomic mass is 32.2. The van der Waals surface area contributed by atoms with Crippen molar-refractivity contribution in [2.75, 3.05) is 0 Å². The summed E-state index contributed by atoms with van der Waals surface area (Å²) in [5.74, 6) is 0. The normalized spacial score (nSPS) is 10.2. The van der Waals surface area contributed by atoms with Crippen molar-refractivity contribution >= 4 is 11.8 Å². The maximum Gasteiger partial charge on any atom is 0.0917 e. The lowest BCUT2D eigenvalue weighted by Crippen LogP contribution is -1.81. The topological polar surface area (TPSA) is 23.8 Å². The SMILES string of the molecule is Cc1cccc(C)c1SC=CC#N. The summed E-state index contributed by atoms with van der Waals surface area (Å²) in [5.41, 5.74) is 2.51. The molecular weight excluding hydrogens is 178 g/mol. The van der Waals surface area contributed by atoms with Crippen LogP contribution in [-0.4, -0.2) is 0 Å². The van der Waals surface area contributed by atoms with Gasteiger partial charge in [0.15, 0.2) is 0 Å². The smallest absolute Gasteiger partial charge is 0.0917 e.